The summed E-state index contributed by atoms with van der Waals surface area (Å²) in [4.78, 5) is 24.9. The Morgan fingerprint density at radius 3 is 2.19 bits per heavy atom. The molecule has 7 nitrogen and oxygen atoms in total. The van der Waals surface area contributed by atoms with Gasteiger partial charge < -0.3 is 20.7 Å². The molecule has 0 unspecified atom stereocenters. The molecule has 0 spiro atoms. The molecule has 0 radical (unpaired) electrons. The molecule has 3 aromatic carbocycles. The Hall–Kier alpha value is -4.31. The number of carbonyl (C=O) groups is 2. The summed E-state index contributed by atoms with van der Waals surface area (Å²) in [5.74, 6) is 0.197. The van der Waals surface area contributed by atoms with Gasteiger partial charge in [-0.25, -0.2) is 0 Å². The van der Waals surface area contributed by atoms with Crippen LogP contribution < -0.4 is 20.7 Å². The molecular weight excluding hydrogens is 392 g/mol. The summed E-state index contributed by atoms with van der Waals surface area (Å²) in [7, 11) is 1.58. The van der Waals surface area contributed by atoms with E-state index in [-0.39, 0.29) is 11.8 Å². The van der Waals surface area contributed by atoms with Crippen molar-refractivity contribution in [1.29, 1.82) is 5.26 Å². The summed E-state index contributed by atoms with van der Waals surface area (Å²) in [6.07, 6.45) is 0. The number of amides is 2. The third kappa shape index (κ3) is 5.61. The van der Waals surface area contributed by atoms with E-state index >= 15 is 0 Å². The first-order chi connectivity index (χ1) is 15.0. The summed E-state index contributed by atoms with van der Waals surface area (Å²) in [6.45, 7) is 1.72. The lowest BCUT2D eigenvalue weighted by atomic mass is 10.1. The standard InChI is InChI=1S/C24H22N4O3/c1-16(23(29)28-22-6-4-3-5-18(22)15-25)26-19-9-7-17(8-10-19)24(30)27-20-11-13-21(31-2)14-12-20/h3-14,16,26H,1-2H3,(H,27,30)(H,28,29)/t16-/m1/s1. The van der Waals surface area contributed by atoms with Gasteiger partial charge in [-0.1, -0.05) is 12.1 Å². The highest BCUT2D eigenvalue weighted by Gasteiger charge is 2.15. The molecule has 3 N–H and O–H groups in total. The Bertz CT molecular complexity index is 1100. The van der Waals surface area contributed by atoms with Crippen molar-refractivity contribution in [2.45, 2.75) is 13.0 Å². The van der Waals surface area contributed by atoms with Gasteiger partial charge in [0.25, 0.3) is 5.91 Å². The van der Waals surface area contributed by atoms with Gasteiger partial charge in [-0.15, -0.1) is 0 Å². The highest BCUT2D eigenvalue weighted by Crippen LogP contribution is 2.18. The second-order valence-electron chi connectivity index (χ2n) is 6.77. The number of methoxy groups -OCH3 is 1. The molecule has 0 heterocycles. The van der Waals surface area contributed by atoms with Crippen molar-refractivity contribution < 1.29 is 14.3 Å². The van der Waals surface area contributed by atoms with Gasteiger partial charge >= 0.3 is 0 Å². The molecule has 2 amide bonds. The van der Waals surface area contributed by atoms with E-state index in [0.717, 1.165) is 0 Å². The monoisotopic (exact) mass is 414 g/mol. The SMILES string of the molecule is COc1ccc(NC(=O)c2ccc(N[C@H](C)C(=O)Nc3ccccc3C#N)cc2)cc1. The number of ether oxygens (including phenoxy) is 1. The van der Waals surface area contributed by atoms with E-state index in [1.807, 2.05) is 0 Å². The number of anilines is 3. The van der Waals surface area contributed by atoms with Gasteiger partial charge in [0, 0.05) is 16.9 Å². The zero-order valence-electron chi connectivity index (χ0n) is 17.2. The summed E-state index contributed by atoms with van der Waals surface area (Å²) in [5.41, 5.74) is 2.71. The number of nitriles is 1. The molecule has 3 rings (SSSR count). The largest absolute Gasteiger partial charge is 0.497 e. The highest BCUT2D eigenvalue weighted by atomic mass is 16.5. The van der Waals surface area contributed by atoms with E-state index in [0.29, 0.717) is 33.9 Å². The lowest BCUT2D eigenvalue weighted by molar-refractivity contribution is -0.116. The van der Waals surface area contributed by atoms with Crippen LogP contribution in [0.15, 0.2) is 72.8 Å². The maximum absolute atomic E-state index is 12.5. The van der Waals surface area contributed by atoms with Gasteiger partial charge in [-0.05, 0) is 67.6 Å². The molecule has 0 aliphatic rings. The first-order valence-corrected chi connectivity index (χ1v) is 9.62. The minimum absolute atomic E-state index is 0.240. The Kier molecular flexibility index (Phi) is 6.86. The number of hydrogen-bond donors (Lipinski definition) is 3. The normalized spacial score (nSPS) is 11.0. The molecule has 31 heavy (non-hydrogen) atoms. The zero-order chi connectivity index (χ0) is 22.2. The zero-order valence-corrected chi connectivity index (χ0v) is 17.2. The van der Waals surface area contributed by atoms with Crippen LogP contribution >= 0.6 is 0 Å². The second kappa shape index (κ2) is 9.94. The summed E-state index contributed by atoms with van der Waals surface area (Å²) < 4.78 is 5.10. The van der Waals surface area contributed by atoms with E-state index in [4.69, 9.17) is 10.00 Å². The number of carbonyl (C=O) groups excluding carboxylic acids is 2. The second-order valence-corrected chi connectivity index (χ2v) is 6.77. The number of hydrogen-bond acceptors (Lipinski definition) is 5. The van der Waals surface area contributed by atoms with Crippen molar-refractivity contribution in [2.24, 2.45) is 0 Å². The first-order valence-electron chi connectivity index (χ1n) is 9.62. The van der Waals surface area contributed by atoms with Crippen molar-refractivity contribution in [3.63, 3.8) is 0 Å². The third-order valence-electron chi connectivity index (χ3n) is 4.58. The highest BCUT2D eigenvalue weighted by molar-refractivity contribution is 6.04. The van der Waals surface area contributed by atoms with Gasteiger partial charge in [0.15, 0.2) is 0 Å². The van der Waals surface area contributed by atoms with Gasteiger partial charge in [0.05, 0.1) is 18.4 Å². The predicted octanol–water partition coefficient (Wildman–Crippen LogP) is 4.26. The number of para-hydroxylation sites is 1. The fourth-order valence-electron chi connectivity index (χ4n) is 2.84. The quantitative estimate of drug-likeness (QED) is 0.536. The van der Waals surface area contributed by atoms with Crippen LogP contribution in [0.1, 0.15) is 22.8 Å². The van der Waals surface area contributed by atoms with Crippen molar-refractivity contribution in [2.75, 3.05) is 23.1 Å². The maximum atomic E-state index is 12.5. The Morgan fingerprint density at radius 2 is 1.55 bits per heavy atom. The number of benzene rings is 3. The van der Waals surface area contributed by atoms with E-state index in [1.54, 1.807) is 86.8 Å². The summed E-state index contributed by atoms with van der Waals surface area (Å²) >= 11 is 0. The van der Waals surface area contributed by atoms with Crippen LogP contribution in [0.25, 0.3) is 0 Å². The Balaban J connectivity index is 1.58. The topological polar surface area (TPSA) is 103 Å². The summed E-state index contributed by atoms with van der Waals surface area (Å²) in [5, 5.41) is 17.8. The smallest absolute Gasteiger partial charge is 0.255 e. The van der Waals surface area contributed by atoms with Crippen LogP contribution in [-0.4, -0.2) is 25.0 Å². The van der Waals surface area contributed by atoms with Gasteiger partial charge in [0.2, 0.25) is 5.91 Å². The molecule has 0 bridgehead atoms. The number of nitrogens with one attached hydrogen (secondary N) is 3. The van der Waals surface area contributed by atoms with Crippen LogP contribution in [0.3, 0.4) is 0 Å². The molecule has 0 saturated carbocycles. The van der Waals surface area contributed by atoms with Gasteiger partial charge in [-0.3, -0.25) is 9.59 Å². The lowest BCUT2D eigenvalue weighted by Crippen LogP contribution is -2.32. The van der Waals surface area contributed by atoms with E-state index in [1.165, 1.54) is 0 Å². The van der Waals surface area contributed by atoms with Crippen molar-refractivity contribution in [3.05, 3.63) is 83.9 Å². The molecule has 156 valence electrons. The molecule has 0 aliphatic heterocycles. The fourth-order valence-corrected chi connectivity index (χ4v) is 2.84. The van der Waals surface area contributed by atoms with Crippen LogP contribution in [0.5, 0.6) is 5.75 Å². The molecule has 0 saturated heterocycles. The molecule has 3 aromatic rings. The van der Waals surface area contributed by atoms with Gasteiger partial charge in [0.1, 0.15) is 17.9 Å². The molecule has 0 aliphatic carbocycles. The van der Waals surface area contributed by atoms with Crippen molar-refractivity contribution >= 4 is 28.9 Å². The molecular formula is C24H22N4O3. The van der Waals surface area contributed by atoms with Gasteiger partial charge in [-0.2, -0.15) is 5.26 Å². The predicted molar refractivity (Wildman–Crippen MR) is 120 cm³/mol. The van der Waals surface area contributed by atoms with Crippen LogP contribution in [0.2, 0.25) is 0 Å². The molecule has 7 heteroatoms. The van der Waals surface area contributed by atoms with E-state index in [2.05, 4.69) is 22.0 Å². The minimum atomic E-state index is -0.550. The molecule has 0 aromatic heterocycles. The number of rotatable bonds is 7. The van der Waals surface area contributed by atoms with Crippen molar-refractivity contribution in [1.82, 2.24) is 0 Å². The van der Waals surface area contributed by atoms with E-state index in [9.17, 15) is 9.59 Å². The minimum Gasteiger partial charge on any atom is -0.497 e. The van der Waals surface area contributed by atoms with Crippen molar-refractivity contribution in [3.8, 4) is 11.8 Å². The van der Waals surface area contributed by atoms with Crippen LogP contribution in [0, 0.1) is 11.3 Å². The fraction of sp³-hybridized carbons (Fsp3) is 0.125. The Morgan fingerprint density at radius 1 is 0.903 bits per heavy atom. The first kappa shape index (κ1) is 21.4. The van der Waals surface area contributed by atoms with Crippen LogP contribution in [0.4, 0.5) is 17.1 Å². The average Bonchev–Trinajstić information content (AvgIpc) is 2.80. The average molecular weight is 414 g/mol. The maximum Gasteiger partial charge on any atom is 0.255 e. The lowest BCUT2D eigenvalue weighted by Gasteiger charge is -2.16. The molecule has 0 fully saturated rings. The third-order valence-corrected chi connectivity index (χ3v) is 4.58. The molecule has 1 atom stereocenters. The van der Waals surface area contributed by atoms with E-state index < -0.39 is 6.04 Å². The van der Waals surface area contributed by atoms with Crippen LogP contribution in [-0.2, 0) is 4.79 Å². The summed E-state index contributed by atoms with van der Waals surface area (Å²) in [6, 6.07) is 22.2. The number of nitrogens with zero attached hydrogens (tertiary/aromatic N) is 1. The Labute approximate surface area is 180 Å².